The third-order valence-corrected chi connectivity index (χ3v) is 5.42. The lowest BCUT2D eigenvalue weighted by Crippen LogP contribution is -2.15. The molecule has 0 aliphatic carbocycles. The van der Waals surface area contributed by atoms with Gasteiger partial charge in [-0.05, 0) is 61.5 Å². The van der Waals surface area contributed by atoms with Gasteiger partial charge in [-0.3, -0.25) is 4.79 Å². The Kier molecular flexibility index (Phi) is 5.52. The number of carbonyl (C=O) groups is 1. The van der Waals surface area contributed by atoms with Crippen LogP contribution in [0.25, 0.3) is 0 Å². The van der Waals surface area contributed by atoms with Crippen LogP contribution in [0.3, 0.4) is 0 Å². The Labute approximate surface area is 165 Å². The summed E-state index contributed by atoms with van der Waals surface area (Å²) in [5, 5.41) is 2.72. The van der Waals surface area contributed by atoms with Gasteiger partial charge in [-0.25, -0.2) is 23.1 Å². The number of rotatable bonds is 5. The number of amides is 1. The first kappa shape index (κ1) is 19.0. The molecule has 3 rings (SSSR count). The molecule has 0 saturated heterocycles. The van der Waals surface area contributed by atoms with Gasteiger partial charge >= 0.3 is 0 Å². The number of sulfonamides is 1. The molecular formula is C18H15BrN4O3S. The zero-order valence-corrected chi connectivity index (χ0v) is 16.6. The molecule has 0 aliphatic heterocycles. The minimum absolute atomic E-state index is 0.00242. The monoisotopic (exact) mass is 446 g/mol. The summed E-state index contributed by atoms with van der Waals surface area (Å²) in [5.41, 5.74) is 1.62. The van der Waals surface area contributed by atoms with E-state index in [0.717, 1.165) is 4.47 Å². The van der Waals surface area contributed by atoms with Crippen molar-refractivity contribution in [3.8, 4) is 0 Å². The van der Waals surface area contributed by atoms with Gasteiger partial charge in [0.15, 0.2) is 0 Å². The van der Waals surface area contributed by atoms with Crippen LogP contribution in [0, 0.1) is 6.92 Å². The maximum absolute atomic E-state index is 12.4. The van der Waals surface area contributed by atoms with Crippen molar-refractivity contribution >= 4 is 43.5 Å². The molecule has 0 fully saturated rings. The lowest BCUT2D eigenvalue weighted by Gasteiger charge is -2.09. The van der Waals surface area contributed by atoms with E-state index in [-0.39, 0.29) is 16.8 Å². The summed E-state index contributed by atoms with van der Waals surface area (Å²) in [7, 11) is -3.83. The fraction of sp³-hybridized carbons (Fsp3) is 0.0556. The highest BCUT2D eigenvalue weighted by molar-refractivity contribution is 9.10. The zero-order chi connectivity index (χ0) is 19.4. The largest absolute Gasteiger partial charge is 0.322 e. The van der Waals surface area contributed by atoms with Crippen LogP contribution in [0.15, 0.2) is 70.2 Å². The quantitative estimate of drug-likeness (QED) is 0.623. The number of carbonyl (C=O) groups excluding carboxylic acids is 1. The summed E-state index contributed by atoms with van der Waals surface area (Å²) in [6.07, 6.45) is 1.47. The highest BCUT2D eigenvalue weighted by Crippen LogP contribution is 2.18. The molecule has 0 spiro atoms. The first-order valence-electron chi connectivity index (χ1n) is 7.83. The summed E-state index contributed by atoms with van der Waals surface area (Å²) in [6, 6.07) is 14.4. The van der Waals surface area contributed by atoms with Crippen LogP contribution in [0.4, 0.5) is 11.6 Å². The molecule has 0 bridgehead atoms. The third kappa shape index (κ3) is 4.89. The number of halogens is 1. The number of hydrogen-bond acceptors (Lipinski definition) is 5. The topological polar surface area (TPSA) is 101 Å². The van der Waals surface area contributed by atoms with Crippen LogP contribution in [0.1, 0.15) is 16.1 Å². The average Bonchev–Trinajstić information content (AvgIpc) is 2.62. The van der Waals surface area contributed by atoms with Gasteiger partial charge in [0.1, 0.15) is 0 Å². The minimum atomic E-state index is -3.83. The molecule has 0 atom stereocenters. The van der Waals surface area contributed by atoms with Crippen molar-refractivity contribution in [2.24, 2.45) is 0 Å². The molecule has 7 nitrogen and oxygen atoms in total. The lowest BCUT2D eigenvalue weighted by molar-refractivity contribution is 0.102. The van der Waals surface area contributed by atoms with Crippen molar-refractivity contribution < 1.29 is 13.2 Å². The van der Waals surface area contributed by atoms with Gasteiger partial charge in [-0.1, -0.05) is 15.9 Å². The van der Waals surface area contributed by atoms with E-state index in [0.29, 0.717) is 16.9 Å². The Morgan fingerprint density at radius 1 is 1.00 bits per heavy atom. The second-order valence-corrected chi connectivity index (χ2v) is 8.21. The van der Waals surface area contributed by atoms with Gasteiger partial charge < -0.3 is 5.32 Å². The maximum Gasteiger partial charge on any atom is 0.264 e. The third-order valence-electron chi connectivity index (χ3n) is 3.55. The SMILES string of the molecule is Cc1ccnc(NS(=O)(=O)c2ccc(NC(=O)c3ccc(Br)cc3)cc2)n1. The smallest absolute Gasteiger partial charge is 0.264 e. The van der Waals surface area contributed by atoms with E-state index >= 15 is 0 Å². The average molecular weight is 447 g/mol. The molecule has 1 aromatic heterocycles. The van der Waals surface area contributed by atoms with Crippen LogP contribution in [-0.4, -0.2) is 24.3 Å². The Morgan fingerprint density at radius 3 is 2.30 bits per heavy atom. The number of aromatic nitrogens is 2. The summed E-state index contributed by atoms with van der Waals surface area (Å²) < 4.78 is 28.0. The molecule has 0 radical (unpaired) electrons. The van der Waals surface area contributed by atoms with Crippen molar-refractivity contribution in [1.82, 2.24) is 9.97 Å². The lowest BCUT2D eigenvalue weighted by atomic mass is 10.2. The van der Waals surface area contributed by atoms with E-state index in [1.165, 1.54) is 30.5 Å². The first-order chi connectivity index (χ1) is 12.8. The molecule has 27 heavy (non-hydrogen) atoms. The first-order valence-corrected chi connectivity index (χ1v) is 10.1. The molecule has 9 heteroatoms. The van der Waals surface area contributed by atoms with E-state index in [1.807, 2.05) is 0 Å². The van der Waals surface area contributed by atoms with Crippen molar-refractivity contribution in [3.63, 3.8) is 0 Å². The van der Waals surface area contributed by atoms with Gasteiger partial charge in [0.2, 0.25) is 5.95 Å². The van der Waals surface area contributed by atoms with E-state index in [1.54, 1.807) is 37.3 Å². The molecule has 3 aromatic rings. The van der Waals surface area contributed by atoms with Crippen LogP contribution in [0.2, 0.25) is 0 Å². The Bertz CT molecular complexity index is 1070. The van der Waals surface area contributed by atoms with E-state index in [9.17, 15) is 13.2 Å². The molecule has 0 aliphatic rings. The van der Waals surface area contributed by atoms with Gasteiger partial charge in [0, 0.05) is 27.6 Å². The number of nitrogens with zero attached hydrogens (tertiary/aromatic N) is 2. The molecule has 1 heterocycles. The van der Waals surface area contributed by atoms with Crippen molar-refractivity contribution in [2.75, 3.05) is 10.0 Å². The number of nitrogens with one attached hydrogen (secondary N) is 2. The van der Waals surface area contributed by atoms with E-state index in [2.05, 4.69) is 35.9 Å². The molecule has 2 N–H and O–H groups in total. The van der Waals surface area contributed by atoms with Crippen LogP contribution < -0.4 is 10.0 Å². The Morgan fingerprint density at radius 2 is 1.67 bits per heavy atom. The van der Waals surface area contributed by atoms with Gasteiger partial charge in [-0.2, -0.15) is 0 Å². The number of benzene rings is 2. The van der Waals surface area contributed by atoms with Crippen LogP contribution >= 0.6 is 15.9 Å². The maximum atomic E-state index is 12.4. The summed E-state index contributed by atoms with van der Waals surface area (Å²) in [4.78, 5) is 20.1. The Balaban J connectivity index is 1.72. The summed E-state index contributed by atoms with van der Waals surface area (Å²) in [6.45, 7) is 1.74. The summed E-state index contributed by atoms with van der Waals surface area (Å²) >= 11 is 3.31. The van der Waals surface area contributed by atoms with E-state index in [4.69, 9.17) is 0 Å². The van der Waals surface area contributed by atoms with Crippen molar-refractivity contribution in [2.45, 2.75) is 11.8 Å². The fourth-order valence-corrected chi connectivity index (χ4v) is 3.41. The highest BCUT2D eigenvalue weighted by atomic mass is 79.9. The van der Waals surface area contributed by atoms with Crippen molar-refractivity contribution in [1.29, 1.82) is 0 Å². The predicted molar refractivity (Wildman–Crippen MR) is 106 cm³/mol. The van der Waals surface area contributed by atoms with Crippen molar-refractivity contribution in [3.05, 3.63) is 76.5 Å². The molecule has 0 saturated carbocycles. The second-order valence-electron chi connectivity index (χ2n) is 5.61. The molecule has 138 valence electrons. The molecule has 2 aromatic carbocycles. The number of anilines is 2. The summed E-state index contributed by atoms with van der Waals surface area (Å²) in [5.74, 6) is -0.285. The second kappa shape index (κ2) is 7.85. The number of hydrogen-bond donors (Lipinski definition) is 2. The minimum Gasteiger partial charge on any atom is -0.322 e. The molecular weight excluding hydrogens is 432 g/mol. The molecule has 1 amide bonds. The fourth-order valence-electron chi connectivity index (χ4n) is 2.20. The van der Waals surface area contributed by atoms with Gasteiger partial charge in [0.25, 0.3) is 15.9 Å². The number of aryl methyl sites for hydroxylation is 1. The highest BCUT2D eigenvalue weighted by Gasteiger charge is 2.16. The van der Waals surface area contributed by atoms with Crippen LogP contribution in [-0.2, 0) is 10.0 Å². The van der Waals surface area contributed by atoms with E-state index < -0.39 is 10.0 Å². The molecule has 0 unspecified atom stereocenters. The standard InChI is InChI=1S/C18H15BrN4O3S/c1-12-10-11-20-18(21-12)23-27(25,26)16-8-6-15(7-9-16)22-17(24)13-2-4-14(19)5-3-13/h2-11H,1H3,(H,22,24)(H,20,21,23). The van der Waals surface area contributed by atoms with Crippen LogP contribution in [0.5, 0.6) is 0 Å². The Hall–Kier alpha value is -2.78. The van der Waals surface area contributed by atoms with Gasteiger partial charge in [-0.15, -0.1) is 0 Å². The zero-order valence-electron chi connectivity index (χ0n) is 14.2. The predicted octanol–water partition coefficient (Wildman–Crippen LogP) is 3.60. The normalized spacial score (nSPS) is 11.0. The van der Waals surface area contributed by atoms with Gasteiger partial charge in [0.05, 0.1) is 4.90 Å².